The van der Waals surface area contributed by atoms with Crippen LogP contribution in [-0.2, 0) is 10.3 Å². The molecule has 0 aliphatic rings. The van der Waals surface area contributed by atoms with Gasteiger partial charge in [-0.25, -0.2) is 8.78 Å². The molecule has 0 atom stereocenters. The van der Waals surface area contributed by atoms with Crippen molar-refractivity contribution in [3.8, 4) is 0 Å². The molecule has 0 aliphatic carbocycles. The zero-order valence-electron chi connectivity index (χ0n) is 9.78. The Labute approximate surface area is 102 Å². The Hall–Kier alpha value is -1.11. The quantitative estimate of drug-likeness (QED) is 0.850. The summed E-state index contributed by atoms with van der Waals surface area (Å²) in [5.41, 5.74) is -0.790. The molecule has 4 nitrogen and oxygen atoms in total. The first-order chi connectivity index (χ1) is 7.71. The second-order valence-electron chi connectivity index (χ2n) is 4.47. The molecule has 0 saturated heterocycles. The molecule has 1 rings (SSSR count). The van der Waals surface area contributed by atoms with E-state index in [2.05, 4.69) is 5.10 Å². The van der Waals surface area contributed by atoms with Gasteiger partial charge in [-0.15, -0.1) is 0 Å². The molecule has 1 aromatic rings. The average molecular weight is 264 g/mol. The van der Waals surface area contributed by atoms with Gasteiger partial charge in [0.05, 0.1) is 16.3 Å². The summed E-state index contributed by atoms with van der Waals surface area (Å²) in [7, 11) is 0. The topological polar surface area (TPSA) is 55.1 Å². The minimum absolute atomic E-state index is 0.176. The standard InChI is InChI=1S/C10H14F2N2O2S/c1-10(2,3)14-7(17-5-8(15)16)4-6(13-14)9(11)12/h4,9H,5H2,1-3H3,(H,15,16). The molecule has 96 valence electrons. The first-order valence-corrected chi connectivity index (χ1v) is 5.93. The van der Waals surface area contributed by atoms with E-state index >= 15 is 0 Å². The van der Waals surface area contributed by atoms with Gasteiger partial charge in [0.25, 0.3) is 6.43 Å². The third-order valence-electron chi connectivity index (χ3n) is 1.90. The number of carbonyl (C=O) groups is 1. The summed E-state index contributed by atoms with van der Waals surface area (Å²) in [6.07, 6.45) is -2.65. The summed E-state index contributed by atoms with van der Waals surface area (Å²) >= 11 is 0.988. The third-order valence-corrected chi connectivity index (χ3v) is 2.88. The predicted octanol–water partition coefficient (Wildman–Crippen LogP) is 2.75. The number of hydrogen-bond acceptors (Lipinski definition) is 3. The van der Waals surface area contributed by atoms with Crippen molar-refractivity contribution in [1.82, 2.24) is 9.78 Å². The van der Waals surface area contributed by atoms with Crippen LogP contribution in [0, 0.1) is 0 Å². The van der Waals surface area contributed by atoms with Gasteiger partial charge in [-0.05, 0) is 26.8 Å². The van der Waals surface area contributed by atoms with Gasteiger partial charge < -0.3 is 5.11 Å². The zero-order valence-corrected chi connectivity index (χ0v) is 10.6. The van der Waals surface area contributed by atoms with Crippen molar-refractivity contribution in [3.63, 3.8) is 0 Å². The summed E-state index contributed by atoms with van der Waals surface area (Å²) < 4.78 is 26.5. The van der Waals surface area contributed by atoms with Crippen LogP contribution < -0.4 is 0 Å². The lowest BCUT2D eigenvalue weighted by Gasteiger charge is -2.21. The van der Waals surface area contributed by atoms with E-state index in [1.165, 1.54) is 10.7 Å². The van der Waals surface area contributed by atoms with Crippen LogP contribution in [0.25, 0.3) is 0 Å². The second kappa shape index (κ2) is 5.03. The molecule has 0 spiro atoms. The predicted molar refractivity (Wildman–Crippen MR) is 60.5 cm³/mol. The van der Waals surface area contributed by atoms with Crippen LogP contribution in [0.2, 0.25) is 0 Å². The fourth-order valence-electron chi connectivity index (χ4n) is 1.21. The average Bonchev–Trinajstić information content (AvgIpc) is 2.57. The molecule has 0 bridgehead atoms. The largest absolute Gasteiger partial charge is 0.481 e. The smallest absolute Gasteiger partial charge is 0.313 e. The van der Waals surface area contributed by atoms with Gasteiger partial charge >= 0.3 is 5.97 Å². The van der Waals surface area contributed by atoms with Gasteiger partial charge in [0, 0.05) is 0 Å². The van der Waals surface area contributed by atoms with Crippen LogP contribution in [-0.4, -0.2) is 26.6 Å². The molecule has 1 aromatic heterocycles. The molecular formula is C10H14F2N2O2S. The first-order valence-electron chi connectivity index (χ1n) is 4.95. The lowest BCUT2D eigenvalue weighted by molar-refractivity contribution is -0.133. The van der Waals surface area contributed by atoms with Gasteiger partial charge in [0.15, 0.2) is 0 Å². The highest BCUT2D eigenvalue weighted by Gasteiger charge is 2.23. The van der Waals surface area contributed by atoms with Crippen LogP contribution in [0.3, 0.4) is 0 Å². The molecule has 0 amide bonds. The Bertz CT molecular complexity index is 413. The summed E-state index contributed by atoms with van der Waals surface area (Å²) in [5.74, 6) is -1.17. The molecule has 0 aromatic carbocycles. The number of aromatic nitrogens is 2. The highest BCUT2D eigenvalue weighted by molar-refractivity contribution is 7.99. The van der Waals surface area contributed by atoms with Gasteiger partial charge in [0.2, 0.25) is 0 Å². The Morgan fingerprint density at radius 3 is 2.59 bits per heavy atom. The fraction of sp³-hybridized carbons (Fsp3) is 0.600. The lowest BCUT2D eigenvalue weighted by atomic mass is 10.1. The minimum Gasteiger partial charge on any atom is -0.481 e. The monoisotopic (exact) mass is 264 g/mol. The SMILES string of the molecule is CC(C)(C)n1nc(C(F)F)cc1SCC(=O)O. The second-order valence-corrected chi connectivity index (χ2v) is 5.47. The lowest BCUT2D eigenvalue weighted by Crippen LogP contribution is -2.24. The van der Waals surface area contributed by atoms with Gasteiger partial charge in [-0.1, -0.05) is 11.8 Å². The highest BCUT2D eigenvalue weighted by atomic mass is 32.2. The zero-order chi connectivity index (χ0) is 13.2. The molecular weight excluding hydrogens is 250 g/mol. The molecule has 17 heavy (non-hydrogen) atoms. The third kappa shape index (κ3) is 3.69. The maximum absolute atomic E-state index is 12.5. The van der Waals surface area contributed by atoms with E-state index in [-0.39, 0.29) is 11.4 Å². The van der Waals surface area contributed by atoms with E-state index in [1.54, 1.807) is 0 Å². The number of aliphatic carboxylic acids is 1. The number of rotatable bonds is 4. The molecule has 0 unspecified atom stereocenters. The van der Waals surface area contributed by atoms with Crippen LogP contribution in [0.15, 0.2) is 11.1 Å². The maximum atomic E-state index is 12.5. The summed E-state index contributed by atoms with van der Waals surface area (Å²) in [6.45, 7) is 5.46. The van der Waals surface area contributed by atoms with Crippen molar-refractivity contribution in [2.45, 2.75) is 37.8 Å². The van der Waals surface area contributed by atoms with E-state index in [0.717, 1.165) is 11.8 Å². The summed E-state index contributed by atoms with van der Waals surface area (Å²) in [4.78, 5) is 10.5. The van der Waals surface area contributed by atoms with Crippen molar-refractivity contribution in [1.29, 1.82) is 0 Å². The molecule has 0 radical (unpaired) electrons. The molecule has 0 saturated carbocycles. The van der Waals surface area contributed by atoms with Crippen LogP contribution in [0.4, 0.5) is 8.78 Å². The van der Waals surface area contributed by atoms with Crippen molar-refractivity contribution < 1.29 is 18.7 Å². The van der Waals surface area contributed by atoms with Crippen molar-refractivity contribution in [3.05, 3.63) is 11.8 Å². The Morgan fingerprint density at radius 1 is 1.59 bits per heavy atom. The molecule has 1 N–H and O–H groups in total. The fourth-order valence-corrected chi connectivity index (χ4v) is 2.12. The van der Waals surface area contributed by atoms with Gasteiger partial charge in [-0.3, -0.25) is 9.48 Å². The van der Waals surface area contributed by atoms with Crippen LogP contribution >= 0.6 is 11.8 Å². The first kappa shape index (κ1) is 14.0. The number of nitrogens with zero attached hydrogens (tertiary/aromatic N) is 2. The summed E-state index contributed by atoms with van der Waals surface area (Å²) in [5, 5.41) is 12.8. The van der Waals surface area contributed by atoms with Gasteiger partial charge in [0.1, 0.15) is 5.69 Å². The number of thioether (sulfide) groups is 1. The van der Waals surface area contributed by atoms with Crippen molar-refractivity contribution in [2.75, 3.05) is 5.75 Å². The maximum Gasteiger partial charge on any atom is 0.313 e. The van der Waals surface area contributed by atoms with Crippen molar-refractivity contribution in [2.24, 2.45) is 0 Å². The highest BCUT2D eigenvalue weighted by Crippen LogP contribution is 2.29. The van der Waals surface area contributed by atoms with Crippen LogP contribution in [0.5, 0.6) is 0 Å². The Kier molecular flexibility index (Phi) is 4.13. The van der Waals surface area contributed by atoms with E-state index < -0.39 is 17.9 Å². The number of carboxylic acid groups (broad SMARTS) is 1. The van der Waals surface area contributed by atoms with Gasteiger partial charge in [-0.2, -0.15) is 5.10 Å². The van der Waals surface area contributed by atoms with Crippen molar-refractivity contribution >= 4 is 17.7 Å². The molecule has 1 heterocycles. The number of alkyl halides is 2. The van der Waals surface area contributed by atoms with E-state index in [1.807, 2.05) is 20.8 Å². The molecule has 7 heteroatoms. The van der Waals surface area contributed by atoms with E-state index in [4.69, 9.17) is 5.11 Å². The number of hydrogen-bond donors (Lipinski definition) is 1. The van der Waals surface area contributed by atoms with E-state index in [0.29, 0.717) is 5.03 Å². The Balaban J connectivity index is 3.04. The minimum atomic E-state index is -2.65. The Morgan fingerprint density at radius 2 is 2.18 bits per heavy atom. The normalized spacial score (nSPS) is 12.1. The molecule has 0 fully saturated rings. The number of carboxylic acids is 1. The summed E-state index contributed by atoms with van der Waals surface area (Å²) in [6, 6.07) is 1.24. The van der Waals surface area contributed by atoms with E-state index in [9.17, 15) is 13.6 Å². The number of halogens is 2. The molecule has 0 aliphatic heterocycles. The van der Waals surface area contributed by atoms with Crippen LogP contribution in [0.1, 0.15) is 32.9 Å².